The molecule has 0 fully saturated rings. The van der Waals surface area contributed by atoms with Crippen LogP contribution < -0.4 is 0 Å². The van der Waals surface area contributed by atoms with Gasteiger partial charge in [0.1, 0.15) is 11.2 Å². The SMILES string of the molecule is c1ccc2c(c1)ccc1c(-c3cccc4c3oc3ccccc34)cccc12. The predicted octanol–water partition coefficient (Wildman–Crippen LogP) is 7.56. The van der Waals surface area contributed by atoms with Gasteiger partial charge in [0.15, 0.2) is 0 Å². The Bertz CT molecular complexity index is 1470. The standard InChI is InChI=1S/C26H16O/c1-2-8-18-17(7-1)15-16-21-19(18)10-5-11-20(21)23-12-6-13-24-22-9-3-4-14-25(22)27-26(23)24/h1-16H. The van der Waals surface area contributed by atoms with Crippen LogP contribution in [0.25, 0.3) is 54.6 Å². The molecule has 0 aliphatic heterocycles. The molecule has 0 aliphatic rings. The Morgan fingerprint density at radius 3 is 2.04 bits per heavy atom. The smallest absolute Gasteiger partial charge is 0.143 e. The summed E-state index contributed by atoms with van der Waals surface area (Å²) in [6, 6.07) is 34.2. The van der Waals surface area contributed by atoms with E-state index in [-0.39, 0.29) is 0 Å². The molecular weight excluding hydrogens is 328 g/mol. The third-order valence-corrected chi connectivity index (χ3v) is 5.48. The van der Waals surface area contributed by atoms with Gasteiger partial charge in [0.2, 0.25) is 0 Å². The molecule has 0 N–H and O–H groups in total. The fourth-order valence-electron chi connectivity index (χ4n) is 4.23. The molecule has 6 aromatic rings. The van der Waals surface area contributed by atoms with Crippen LogP contribution >= 0.6 is 0 Å². The number of para-hydroxylation sites is 2. The highest BCUT2D eigenvalue weighted by molar-refractivity contribution is 6.16. The van der Waals surface area contributed by atoms with Gasteiger partial charge in [-0.3, -0.25) is 0 Å². The molecule has 0 unspecified atom stereocenters. The lowest BCUT2D eigenvalue weighted by Gasteiger charge is -2.10. The number of hydrogen-bond acceptors (Lipinski definition) is 1. The Hall–Kier alpha value is -3.58. The molecule has 1 aromatic heterocycles. The van der Waals surface area contributed by atoms with Gasteiger partial charge >= 0.3 is 0 Å². The summed E-state index contributed by atoms with van der Waals surface area (Å²) in [5.74, 6) is 0. The molecule has 0 bridgehead atoms. The molecule has 0 radical (unpaired) electrons. The van der Waals surface area contributed by atoms with E-state index in [0.29, 0.717) is 0 Å². The molecule has 6 rings (SSSR count). The highest BCUT2D eigenvalue weighted by atomic mass is 16.3. The zero-order chi connectivity index (χ0) is 17.8. The first kappa shape index (κ1) is 14.6. The summed E-state index contributed by atoms with van der Waals surface area (Å²) in [7, 11) is 0. The summed E-state index contributed by atoms with van der Waals surface area (Å²) in [6.45, 7) is 0. The van der Waals surface area contributed by atoms with Gasteiger partial charge in [0.05, 0.1) is 0 Å². The van der Waals surface area contributed by atoms with Crippen LogP contribution in [0.5, 0.6) is 0 Å². The van der Waals surface area contributed by atoms with Crippen LogP contribution in [0.1, 0.15) is 0 Å². The molecule has 0 amide bonds. The second-order valence-corrected chi connectivity index (χ2v) is 6.97. The molecule has 0 spiro atoms. The molecule has 0 saturated heterocycles. The summed E-state index contributed by atoms with van der Waals surface area (Å²) >= 11 is 0. The van der Waals surface area contributed by atoms with Crippen LogP contribution in [-0.4, -0.2) is 0 Å². The lowest BCUT2D eigenvalue weighted by atomic mass is 9.94. The van der Waals surface area contributed by atoms with Crippen molar-refractivity contribution in [1.29, 1.82) is 0 Å². The summed E-state index contributed by atoms with van der Waals surface area (Å²) in [5, 5.41) is 7.42. The molecule has 0 saturated carbocycles. The van der Waals surface area contributed by atoms with Crippen molar-refractivity contribution in [3.8, 4) is 11.1 Å². The molecule has 1 nitrogen and oxygen atoms in total. The molecule has 1 heterocycles. The van der Waals surface area contributed by atoms with Crippen LogP contribution in [0.15, 0.2) is 101 Å². The second-order valence-electron chi connectivity index (χ2n) is 6.97. The van der Waals surface area contributed by atoms with E-state index in [1.165, 1.54) is 37.9 Å². The third-order valence-electron chi connectivity index (χ3n) is 5.48. The van der Waals surface area contributed by atoms with Crippen molar-refractivity contribution in [1.82, 2.24) is 0 Å². The second kappa shape index (κ2) is 5.46. The van der Waals surface area contributed by atoms with E-state index in [4.69, 9.17) is 4.42 Å². The summed E-state index contributed by atoms with van der Waals surface area (Å²) in [4.78, 5) is 0. The monoisotopic (exact) mass is 344 g/mol. The molecule has 5 aromatic carbocycles. The van der Waals surface area contributed by atoms with Crippen molar-refractivity contribution in [2.75, 3.05) is 0 Å². The van der Waals surface area contributed by atoms with Crippen LogP contribution in [0.4, 0.5) is 0 Å². The van der Waals surface area contributed by atoms with Gasteiger partial charge in [-0.25, -0.2) is 0 Å². The normalized spacial score (nSPS) is 11.7. The lowest BCUT2D eigenvalue weighted by Crippen LogP contribution is -1.84. The van der Waals surface area contributed by atoms with Crippen molar-refractivity contribution in [2.24, 2.45) is 0 Å². The van der Waals surface area contributed by atoms with Crippen LogP contribution in [0, 0.1) is 0 Å². The van der Waals surface area contributed by atoms with E-state index in [2.05, 4.69) is 84.9 Å². The molecule has 27 heavy (non-hydrogen) atoms. The van der Waals surface area contributed by atoms with Gasteiger partial charge in [-0.15, -0.1) is 0 Å². The fraction of sp³-hybridized carbons (Fsp3) is 0. The quantitative estimate of drug-likeness (QED) is 0.280. The highest BCUT2D eigenvalue weighted by Gasteiger charge is 2.14. The third kappa shape index (κ3) is 2.06. The largest absolute Gasteiger partial charge is 0.455 e. The Kier molecular flexibility index (Phi) is 2.95. The van der Waals surface area contributed by atoms with Crippen molar-refractivity contribution in [2.45, 2.75) is 0 Å². The van der Waals surface area contributed by atoms with Gasteiger partial charge in [0, 0.05) is 16.3 Å². The zero-order valence-electron chi connectivity index (χ0n) is 14.6. The number of benzene rings is 5. The van der Waals surface area contributed by atoms with E-state index in [9.17, 15) is 0 Å². The Balaban J connectivity index is 1.74. The minimum absolute atomic E-state index is 0.936. The van der Waals surface area contributed by atoms with Gasteiger partial charge in [-0.1, -0.05) is 91.0 Å². The van der Waals surface area contributed by atoms with Crippen LogP contribution in [-0.2, 0) is 0 Å². The number of fused-ring (bicyclic) bond motifs is 6. The average molecular weight is 344 g/mol. The molecule has 126 valence electrons. The molecule has 0 aliphatic carbocycles. The maximum Gasteiger partial charge on any atom is 0.143 e. The van der Waals surface area contributed by atoms with Gasteiger partial charge in [-0.2, -0.15) is 0 Å². The average Bonchev–Trinajstić information content (AvgIpc) is 3.12. The first-order valence-electron chi connectivity index (χ1n) is 9.21. The number of hydrogen-bond donors (Lipinski definition) is 0. The Morgan fingerprint density at radius 1 is 0.407 bits per heavy atom. The van der Waals surface area contributed by atoms with Crippen molar-refractivity contribution in [3.05, 3.63) is 97.1 Å². The number of furan rings is 1. The minimum Gasteiger partial charge on any atom is -0.455 e. The summed E-state index contributed by atoms with van der Waals surface area (Å²) < 4.78 is 6.27. The first-order chi connectivity index (χ1) is 13.4. The predicted molar refractivity (Wildman–Crippen MR) is 114 cm³/mol. The van der Waals surface area contributed by atoms with E-state index in [1.807, 2.05) is 12.1 Å². The van der Waals surface area contributed by atoms with Crippen molar-refractivity contribution >= 4 is 43.5 Å². The molecular formula is C26H16O. The maximum atomic E-state index is 6.27. The first-order valence-corrected chi connectivity index (χ1v) is 9.21. The molecule has 1 heteroatoms. The Labute approximate surface area is 156 Å². The van der Waals surface area contributed by atoms with E-state index in [1.54, 1.807) is 0 Å². The van der Waals surface area contributed by atoms with E-state index in [0.717, 1.165) is 16.7 Å². The summed E-state index contributed by atoms with van der Waals surface area (Å²) in [6.07, 6.45) is 0. The maximum absolute atomic E-state index is 6.27. The molecule has 0 atom stereocenters. The van der Waals surface area contributed by atoms with Crippen LogP contribution in [0.3, 0.4) is 0 Å². The van der Waals surface area contributed by atoms with Crippen molar-refractivity contribution < 1.29 is 4.42 Å². The van der Waals surface area contributed by atoms with Crippen LogP contribution in [0.2, 0.25) is 0 Å². The highest BCUT2D eigenvalue weighted by Crippen LogP contribution is 2.39. The van der Waals surface area contributed by atoms with Gasteiger partial charge < -0.3 is 4.42 Å². The van der Waals surface area contributed by atoms with Gasteiger partial charge in [-0.05, 0) is 33.2 Å². The topological polar surface area (TPSA) is 13.1 Å². The lowest BCUT2D eigenvalue weighted by molar-refractivity contribution is 0.670. The van der Waals surface area contributed by atoms with Gasteiger partial charge in [0.25, 0.3) is 0 Å². The number of rotatable bonds is 1. The summed E-state index contributed by atoms with van der Waals surface area (Å²) in [5.41, 5.74) is 4.25. The zero-order valence-corrected chi connectivity index (χ0v) is 14.6. The Morgan fingerprint density at radius 2 is 1.11 bits per heavy atom. The fourth-order valence-corrected chi connectivity index (χ4v) is 4.23. The minimum atomic E-state index is 0.936. The van der Waals surface area contributed by atoms with Crippen molar-refractivity contribution in [3.63, 3.8) is 0 Å². The van der Waals surface area contributed by atoms with E-state index >= 15 is 0 Å². The van der Waals surface area contributed by atoms with E-state index < -0.39 is 0 Å².